The Labute approximate surface area is 118 Å². The highest BCUT2D eigenvalue weighted by molar-refractivity contribution is 5.05. The summed E-state index contributed by atoms with van der Waals surface area (Å²) in [5, 5.41) is 16.7. The maximum atomic E-state index is 8.67. The molecular weight excluding hydrogens is 252 g/mol. The van der Waals surface area contributed by atoms with Crippen molar-refractivity contribution >= 4 is 0 Å². The highest BCUT2D eigenvalue weighted by Gasteiger charge is 2.50. The maximum Gasteiger partial charge on any atom is 0.233 e. The van der Waals surface area contributed by atoms with Crippen molar-refractivity contribution in [2.24, 2.45) is 35.3 Å². The van der Waals surface area contributed by atoms with E-state index < -0.39 is 0 Å². The third-order valence-corrected chi connectivity index (χ3v) is 5.71. The minimum atomic E-state index is -0.148. The Bertz CT molecular complexity index is 518. The van der Waals surface area contributed by atoms with Crippen LogP contribution in [-0.4, -0.2) is 10.2 Å². The second-order valence-electron chi connectivity index (χ2n) is 6.90. The molecule has 0 aromatic carbocycles. The molecule has 20 heavy (non-hydrogen) atoms. The zero-order valence-corrected chi connectivity index (χ0v) is 11.5. The van der Waals surface area contributed by atoms with Gasteiger partial charge in [-0.1, -0.05) is 0 Å². The Balaban J connectivity index is 1.56. The van der Waals surface area contributed by atoms with Gasteiger partial charge in [-0.05, 0) is 61.7 Å². The minimum absolute atomic E-state index is 0.148. The van der Waals surface area contributed by atoms with Gasteiger partial charge in [0.05, 0.1) is 12.1 Å². The van der Waals surface area contributed by atoms with Gasteiger partial charge < -0.3 is 10.2 Å². The van der Waals surface area contributed by atoms with Gasteiger partial charge >= 0.3 is 0 Å². The maximum absolute atomic E-state index is 8.67. The summed E-state index contributed by atoms with van der Waals surface area (Å²) < 4.78 is 5.57. The van der Waals surface area contributed by atoms with Crippen molar-refractivity contribution in [3.8, 4) is 6.07 Å². The van der Waals surface area contributed by atoms with E-state index in [-0.39, 0.29) is 12.5 Å². The standard InChI is InChI=1S/C15H20N4O/c16-2-1-12-18-19-15(20-12)14(17)13-10-4-8-3-9(6-10)7-11(13)5-8/h8-11,13-14H,1,3-7,17H2. The van der Waals surface area contributed by atoms with Crippen LogP contribution in [0.15, 0.2) is 4.42 Å². The molecule has 0 aliphatic heterocycles. The van der Waals surface area contributed by atoms with Gasteiger partial charge in [0.1, 0.15) is 6.42 Å². The van der Waals surface area contributed by atoms with Crippen LogP contribution in [0.25, 0.3) is 0 Å². The molecule has 4 bridgehead atoms. The molecule has 4 saturated carbocycles. The third-order valence-electron chi connectivity index (χ3n) is 5.71. The second kappa shape index (κ2) is 4.56. The lowest BCUT2D eigenvalue weighted by Crippen LogP contribution is -2.48. The second-order valence-corrected chi connectivity index (χ2v) is 6.90. The molecule has 1 aromatic rings. The molecule has 1 aromatic heterocycles. The summed E-state index contributed by atoms with van der Waals surface area (Å²) in [6, 6.07) is 1.88. The molecule has 2 N–H and O–H groups in total. The molecule has 106 valence electrons. The number of aromatic nitrogens is 2. The summed E-state index contributed by atoms with van der Waals surface area (Å²) in [5.41, 5.74) is 6.45. The fourth-order valence-electron chi connectivity index (χ4n) is 5.26. The van der Waals surface area contributed by atoms with E-state index in [0.29, 0.717) is 17.7 Å². The minimum Gasteiger partial charge on any atom is -0.422 e. The van der Waals surface area contributed by atoms with Crippen molar-refractivity contribution in [3.05, 3.63) is 11.8 Å². The van der Waals surface area contributed by atoms with Crippen molar-refractivity contribution in [1.29, 1.82) is 5.26 Å². The number of nitriles is 1. The topological polar surface area (TPSA) is 88.7 Å². The van der Waals surface area contributed by atoms with E-state index in [1.807, 2.05) is 6.07 Å². The molecule has 5 nitrogen and oxygen atoms in total. The van der Waals surface area contributed by atoms with Gasteiger partial charge in [0.15, 0.2) is 0 Å². The van der Waals surface area contributed by atoms with E-state index in [1.165, 1.54) is 32.1 Å². The average molecular weight is 272 g/mol. The Morgan fingerprint density at radius 1 is 1.15 bits per heavy atom. The highest BCUT2D eigenvalue weighted by atomic mass is 16.4. The van der Waals surface area contributed by atoms with E-state index >= 15 is 0 Å². The van der Waals surface area contributed by atoms with Crippen LogP contribution < -0.4 is 5.73 Å². The van der Waals surface area contributed by atoms with E-state index in [2.05, 4.69) is 10.2 Å². The van der Waals surface area contributed by atoms with E-state index in [9.17, 15) is 0 Å². The lowest BCUT2D eigenvalue weighted by Gasteiger charge is -2.55. The molecule has 4 aliphatic rings. The van der Waals surface area contributed by atoms with Gasteiger partial charge in [0, 0.05) is 0 Å². The van der Waals surface area contributed by atoms with Gasteiger partial charge in [0.25, 0.3) is 0 Å². The molecule has 4 aliphatic carbocycles. The number of rotatable bonds is 3. The van der Waals surface area contributed by atoms with Crippen LogP contribution >= 0.6 is 0 Å². The lowest BCUT2D eigenvalue weighted by molar-refractivity contribution is -0.0503. The van der Waals surface area contributed by atoms with Crippen LogP contribution in [-0.2, 0) is 6.42 Å². The van der Waals surface area contributed by atoms with Crippen molar-refractivity contribution < 1.29 is 4.42 Å². The quantitative estimate of drug-likeness (QED) is 0.911. The zero-order chi connectivity index (χ0) is 13.7. The summed E-state index contributed by atoms with van der Waals surface area (Å²) >= 11 is 0. The number of nitrogens with zero attached hydrogens (tertiary/aromatic N) is 3. The number of hydrogen-bond donors (Lipinski definition) is 1. The largest absolute Gasteiger partial charge is 0.422 e. The van der Waals surface area contributed by atoms with Gasteiger partial charge in [0.2, 0.25) is 11.8 Å². The smallest absolute Gasteiger partial charge is 0.233 e. The summed E-state index contributed by atoms with van der Waals surface area (Å²) in [6.45, 7) is 0. The predicted molar refractivity (Wildman–Crippen MR) is 71.1 cm³/mol. The Morgan fingerprint density at radius 3 is 2.40 bits per heavy atom. The first-order chi connectivity index (χ1) is 9.74. The van der Waals surface area contributed by atoms with E-state index in [1.54, 1.807) is 0 Å². The van der Waals surface area contributed by atoms with Crippen molar-refractivity contribution in [2.75, 3.05) is 0 Å². The van der Waals surface area contributed by atoms with Crippen LogP contribution in [0.5, 0.6) is 0 Å². The van der Waals surface area contributed by atoms with Crippen molar-refractivity contribution in [1.82, 2.24) is 10.2 Å². The predicted octanol–water partition coefficient (Wildman–Crippen LogP) is 2.21. The SMILES string of the molecule is N#CCc1nnc(C(N)C2C3CC4CC(C3)CC2C4)o1. The fourth-order valence-corrected chi connectivity index (χ4v) is 5.26. The molecular formula is C15H20N4O. The molecule has 0 amide bonds. The van der Waals surface area contributed by atoms with Crippen LogP contribution in [0.3, 0.4) is 0 Å². The molecule has 1 heterocycles. The van der Waals surface area contributed by atoms with E-state index in [0.717, 1.165) is 23.7 Å². The first kappa shape index (κ1) is 12.3. The first-order valence-corrected chi connectivity index (χ1v) is 7.69. The molecule has 0 radical (unpaired) electrons. The Hall–Kier alpha value is -1.41. The summed E-state index contributed by atoms with van der Waals surface area (Å²) in [4.78, 5) is 0. The molecule has 4 fully saturated rings. The van der Waals surface area contributed by atoms with Crippen molar-refractivity contribution in [3.63, 3.8) is 0 Å². The normalized spacial score (nSPS) is 39.7. The number of nitrogens with two attached hydrogens (primary N) is 1. The van der Waals surface area contributed by atoms with Gasteiger partial charge in [-0.25, -0.2) is 0 Å². The molecule has 5 heteroatoms. The van der Waals surface area contributed by atoms with Crippen molar-refractivity contribution in [2.45, 2.75) is 44.6 Å². The third kappa shape index (κ3) is 1.86. The van der Waals surface area contributed by atoms with Crippen LogP contribution in [0.4, 0.5) is 0 Å². The number of hydrogen-bond acceptors (Lipinski definition) is 5. The van der Waals surface area contributed by atoms with E-state index in [4.69, 9.17) is 15.4 Å². The molecule has 0 spiro atoms. The molecule has 1 atom stereocenters. The lowest BCUT2D eigenvalue weighted by atomic mass is 9.50. The first-order valence-electron chi connectivity index (χ1n) is 7.69. The van der Waals surface area contributed by atoms with Crippen LogP contribution in [0, 0.1) is 40.9 Å². The molecule has 5 rings (SSSR count). The van der Waals surface area contributed by atoms with Gasteiger partial charge in [-0.2, -0.15) is 5.26 Å². The average Bonchev–Trinajstić information content (AvgIpc) is 2.86. The molecule has 0 saturated heterocycles. The summed E-state index contributed by atoms with van der Waals surface area (Å²) in [5.74, 6) is 4.79. The zero-order valence-electron chi connectivity index (χ0n) is 11.5. The monoisotopic (exact) mass is 272 g/mol. The molecule has 1 unspecified atom stereocenters. The summed E-state index contributed by atoms with van der Waals surface area (Å²) in [7, 11) is 0. The van der Waals surface area contributed by atoms with Gasteiger partial charge in [-0.3, -0.25) is 0 Å². The highest BCUT2D eigenvalue weighted by Crippen LogP contribution is 2.58. The van der Waals surface area contributed by atoms with Crippen LogP contribution in [0.2, 0.25) is 0 Å². The Morgan fingerprint density at radius 2 is 1.80 bits per heavy atom. The Kier molecular flexibility index (Phi) is 2.81. The fraction of sp³-hybridized carbons (Fsp3) is 0.800. The summed E-state index contributed by atoms with van der Waals surface area (Å²) in [6.07, 6.45) is 6.97. The van der Waals surface area contributed by atoms with Crippen LogP contribution in [0.1, 0.15) is 49.9 Å². The van der Waals surface area contributed by atoms with Gasteiger partial charge in [-0.15, -0.1) is 10.2 Å².